The maximum atomic E-state index is 11.3. The highest BCUT2D eigenvalue weighted by atomic mass is 17.1. The van der Waals surface area contributed by atoms with Crippen LogP contribution >= 0.6 is 0 Å². The molecule has 104 valence electrons. The Bertz CT molecular complexity index is 535. The van der Waals surface area contributed by atoms with Gasteiger partial charge in [0.05, 0.1) is 7.11 Å². The third-order valence-electron chi connectivity index (χ3n) is 2.16. The van der Waals surface area contributed by atoms with Gasteiger partial charge in [0.15, 0.2) is 11.5 Å². The molecule has 0 amide bonds. The first kappa shape index (κ1) is 14.3. The van der Waals surface area contributed by atoms with Crippen molar-refractivity contribution in [2.45, 2.75) is 0 Å². The highest BCUT2D eigenvalue weighted by Gasteiger charge is 2.34. The largest absolute Gasteiger partial charge is 0.504 e. The summed E-state index contributed by atoms with van der Waals surface area (Å²) >= 11 is 0. The van der Waals surface area contributed by atoms with Crippen molar-refractivity contribution in [2.75, 3.05) is 7.11 Å². The molecule has 1 rings (SSSR count). The smallest absolute Gasteiger partial charge is 0.377 e. The van der Waals surface area contributed by atoms with E-state index in [1.165, 1.54) is 0 Å². The molecule has 0 fully saturated rings. The van der Waals surface area contributed by atoms with Crippen molar-refractivity contribution in [1.82, 2.24) is 0 Å². The molecule has 0 atom stereocenters. The summed E-state index contributed by atoms with van der Waals surface area (Å²) in [5.41, 5.74) is -2.04. The molecule has 0 aromatic heterocycles. The first-order valence-corrected chi connectivity index (χ1v) is 4.46. The minimum absolute atomic E-state index is 0.783. The average molecular weight is 276 g/mol. The van der Waals surface area contributed by atoms with Gasteiger partial charge < -0.3 is 20.1 Å². The van der Waals surface area contributed by atoms with E-state index in [1.54, 1.807) is 0 Å². The highest BCUT2D eigenvalue weighted by Crippen LogP contribution is 2.48. The van der Waals surface area contributed by atoms with Gasteiger partial charge in [0.25, 0.3) is 0 Å². The summed E-state index contributed by atoms with van der Waals surface area (Å²) in [6, 6.07) is 0. The SMILES string of the molecule is COc1c(O)c(O)c(O)c(C(=O)OO)c1C(=O)OO. The van der Waals surface area contributed by atoms with Crippen LogP contribution < -0.4 is 4.74 Å². The van der Waals surface area contributed by atoms with Crippen LogP contribution in [0.5, 0.6) is 23.0 Å². The van der Waals surface area contributed by atoms with Crippen LogP contribution in [0.1, 0.15) is 20.7 Å². The van der Waals surface area contributed by atoms with E-state index in [4.69, 9.17) is 10.5 Å². The quantitative estimate of drug-likeness (QED) is 0.290. The summed E-state index contributed by atoms with van der Waals surface area (Å²) in [4.78, 5) is 29.2. The normalized spacial score (nSPS) is 9.84. The van der Waals surface area contributed by atoms with Crippen molar-refractivity contribution in [2.24, 2.45) is 0 Å². The summed E-state index contributed by atoms with van der Waals surface area (Å²) in [5, 5.41) is 44.8. The summed E-state index contributed by atoms with van der Waals surface area (Å²) in [5.74, 6) is -7.62. The molecule has 0 heterocycles. The molecule has 0 spiro atoms. The van der Waals surface area contributed by atoms with Gasteiger partial charge in [-0.15, -0.1) is 0 Å². The van der Waals surface area contributed by atoms with Crippen LogP contribution in [0.25, 0.3) is 0 Å². The van der Waals surface area contributed by atoms with Crippen molar-refractivity contribution >= 4 is 11.9 Å². The van der Waals surface area contributed by atoms with Crippen LogP contribution in [0.3, 0.4) is 0 Å². The van der Waals surface area contributed by atoms with Gasteiger partial charge in [0.2, 0.25) is 11.5 Å². The van der Waals surface area contributed by atoms with Crippen molar-refractivity contribution < 1.29 is 49.9 Å². The molecule has 0 saturated carbocycles. The molecule has 10 nitrogen and oxygen atoms in total. The topological polar surface area (TPSA) is 163 Å². The number of phenolic OH excluding ortho intramolecular Hbond substituents is 3. The first-order chi connectivity index (χ1) is 8.90. The highest BCUT2D eigenvalue weighted by molar-refractivity contribution is 6.08. The van der Waals surface area contributed by atoms with Crippen molar-refractivity contribution in [3.63, 3.8) is 0 Å². The van der Waals surface area contributed by atoms with Crippen LogP contribution in [0, 0.1) is 0 Å². The van der Waals surface area contributed by atoms with Crippen LogP contribution in [0.4, 0.5) is 0 Å². The lowest BCUT2D eigenvalue weighted by Gasteiger charge is -2.14. The molecule has 0 bridgehead atoms. The van der Waals surface area contributed by atoms with E-state index in [9.17, 15) is 24.9 Å². The Kier molecular flexibility index (Phi) is 3.99. The minimum atomic E-state index is -1.66. The van der Waals surface area contributed by atoms with E-state index in [-0.39, 0.29) is 0 Å². The van der Waals surface area contributed by atoms with Gasteiger partial charge in [-0.3, -0.25) is 9.78 Å². The second-order valence-electron chi connectivity index (χ2n) is 3.09. The number of hydrogen-bond acceptors (Lipinski definition) is 10. The van der Waals surface area contributed by atoms with E-state index >= 15 is 0 Å². The molecule has 0 unspecified atom stereocenters. The van der Waals surface area contributed by atoms with Gasteiger partial charge in [0, 0.05) is 0 Å². The average Bonchev–Trinajstić information content (AvgIpc) is 2.42. The molecule has 1 aromatic carbocycles. The number of carbonyl (C=O) groups is 2. The zero-order valence-corrected chi connectivity index (χ0v) is 9.28. The lowest BCUT2D eigenvalue weighted by Crippen LogP contribution is -2.14. The maximum absolute atomic E-state index is 11.3. The zero-order valence-electron chi connectivity index (χ0n) is 9.28. The van der Waals surface area contributed by atoms with Gasteiger partial charge in [-0.25, -0.2) is 9.59 Å². The Morgan fingerprint density at radius 3 is 1.74 bits per heavy atom. The van der Waals surface area contributed by atoms with Crippen LogP contribution in [0.15, 0.2) is 0 Å². The van der Waals surface area contributed by atoms with Gasteiger partial charge in [-0.1, -0.05) is 0 Å². The second kappa shape index (κ2) is 5.29. The van der Waals surface area contributed by atoms with E-state index < -0.39 is 46.1 Å². The van der Waals surface area contributed by atoms with Gasteiger partial charge >= 0.3 is 11.9 Å². The molecule has 0 saturated heterocycles. The summed E-state index contributed by atoms with van der Waals surface area (Å²) in [6.45, 7) is 0. The molecule has 0 radical (unpaired) electrons. The summed E-state index contributed by atoms with van der Waals surface area (Å²) < 4.78 is 4.55. The second-order valence-corrected chi connectivity index (χ2v) is 3.09. The van der Waals surface area contributed by atoms with Gasteiger partial charge in [-0.2, -0.15) is 10.5 Å². The lowest BCUT2D eigenvalue weighted by atomic mass is 10.0. The number of phenols is 3. The predicted molar refractivity (Wildman–Crippen MR) is 54.1 cm³/mol. The Balaban J connectivity index is 3.81. The molecule has 5 N–H and O–H groups in total. The molecule has 0 aliphatic rings. The van der Waals surface area contributed by atoms with Crippen LogP contribution in [-0.4, -0.2) is 44.9 Å². The number of aromatic hydroxyl groups is 3. The molecule has 0 aliphatic heterocycles. The monoisotopic (exact) mass is 276 g/mol. The molecule has 19 heavy (non-hydrogen) atoms. The Labute approximate surface area is 104 Å². The van der Waals surface area contributed by atoms with E-state index in [0.29, 0.717) is 0 Å². The number of ether oxygens (including phenoxy) is 1. The molecule has 10 heteroatoms. The Hall–Kier alpha value is -2.72. The molecular formula is C9H8O10. The fraction of sp³-hybridized carbons (Fsp3) is 0.111. The van der Waals surface area contributed by atoms with E-state index in [2.05, 4.69) is 14.5 Å². The Morgan fingerprint density at radius 2 is 1.32 bits per heavy atom. The van der Waals surface area contributed by atoms with Crippen molar-refractivity contribution in [3.8, 4) is 23.0 Å². The molecule has 1 aromatic rings. The fourth-order valence-corrected chi connectivity index (χ4v) is 1.37. The number of methoxy groups -OCH3 is 1. The Morgan fingerprint density at radius 1 is 0.842 bits per heavy atom. The van der Waals surface area contributed by atoms with Crippen molar-refractivity contribution in [1.29, 1.82) is 0 Å². The first-order valence-electron chi connectivity index (χ1n) is 4.46. The van der Waals surface area contributed by atoms with Gasteiger partial charge in [0.1, 0.15) is 11.1 Å². The number of carbonyl (C=O) groups excluding carboxylic acids is 2. The third-order valence-corrected chi connectivity index (χ3v) is 2.16. The van der Waals surface area contributed by atoms with E-state index in [0.717, 1.165) is 7.11 Å². The predicted octanol–water partition coefficient (Wildman–Crippen LogP) is 0.0716. The summed E-state index contributed by atoms with van der Waals surface area (Å²) in [7, 11) is 0.952. The number of rotatable bonds is 3. The minimum Gasteiger partial charge on any atom is -0.504 e. The fourth-order valence-electron chi connectivity index (χ4n) is 1.37. The van der Waals surface area contributed by atoms with Crippen LogP contribution in [-0.2, 0) is 9.78 Å². The zero-order chi connectivity index (χ0) is 14.7. The lowest BCUT2D eigenvalue weighted by molar-refractivity contribution is -0.185. The third kappa shape index (κ3) is 2.17. The molecule has 0 aliphatic carbocycles. The standard InChI is InChI=1S/C9H8O10/c1-17-7-3(9(14)19-16)2(8(13)18-15)4(10)5(11)6(7)12/h10-12,15-16H,1H3. The van der Waals surface area contributed by atoms with Crippen molar-refractivity contribution in [3.05, 3.63) is 11.1 Å². The number of benzene rings is 1. The maximum Gasteiger partial charge on any atom is 0.377 e. The van der Waals surface area contributed by atoms with E-state index in [1.807, 2.05) is 0 Å². The van der Waals surface area contributed by atoms with Crippen LogP contribution in [0.2, 0.25) is 0 Å². The van der Waals surface area contributed by atoms with Gasteiger partial charge in [-0.05, 0) is 0 Å². The number of hydrogen-bond donors (Lipinski definition) is 5. The molecular weight excluding hydrogens is 268 g/mol. The summed E-state index contributed by atoms with van der Waals surface area (Å²) in [6.07, 6.45) is 0.